The van der Waals surface area contributed by atoms with Crippen molar-refractivity contribution in [3.8, 4) is 17.1 Å². The summed E-state index contributed by atoms with van der Waals surface area (Å²) in [5.74, 6) is 0.0868. The van der Waals surface area contributed by atoms with Crippen LogP contribution in [0.2, 0.25) is 0 Å². The summed E-state index contributed by atoms with van der Waals surface area (Å²) in [4.78, 5) is 14.6. The highest BCUT2D eigenvalue weighted by atomic mass is 32.1. The minimum atomic E-state index is -0.306. The molecular formula is C17H16FN5O2S. The third-order valence-corrected chi connectivity index (χ3v) is 4.76. The molecular weight excluding hydrogens is 357 g/mol. The molecule has 1 aliphatic rings. The molecule has 0 spiro atoms. The topological polar surface area (TPSA) is 73.1 Å². The van der Waals surface area contributed by atoms with Gasteiger partial charge in [-0.2, -0.15) is 9.47 Å². The van der Waals surface area contributed by atoms with Crippen molar-refractivity contribution in [1.29, 1.82) is 0 Å². The predicted molar refractivity (Wildman–Crippen MR) is 93.4 cm³/mol. The maximum absolute atomic E-state index is 13.1. The molecule has 3 heterocycles. The van der Waals surface area contributed by atoms with Crippen LogP contribution in [0, 0.1) is 5.82 Å². The van der Waals surface area contributed by atoms with Crippen LogP contribution in [0.1, 0.15) is 16.9 Å². The van der Waals surface area contributed by atoms with Gasteiger partial charge in [0.05, 0.1) is 24.0 Å². The molecule has 1 unspecified atom stereocenters. The molecule has 2 aromatic heterocycles. The second kappa shape index (κ2) is 6.83. The number of likely N-dealkylation sites (tertiary alicyclic amines) is 1. The van der Waals surface area contributed by atoms with Gasteiger partial charge in [-0.05, 0) is 30.3 Å². The maximum Gasteiger partial charge on any atom is 0.272 e. The van der Waals surface area contributed by atoms with Crippen molar-refractivity contribution in [2.75, 3.05) is 13.1 Å². The van der Waals surface area contributed by atoms with Crippen LogP contribution in [0.15, 0.2) is 36.5 Å². The Bertz CT molecular complexity index is 910. The number of ether oxygens (including phenoxy) is 1. The molecule has 1 aliphatic heterocycles. The summed E-state index contributed by atoms with van der Waals surface area (Å²) in [6, 6.07) is 7.78. The molecule has 4 rings (SSSR count). The van der Waals surface area contributed by atoms with E-state index in [0.29, 0.717) is 30.4 Å². The zero-order valence-corrected chi connectivity index (χ0v) is 14.8. The molecule has 0 saturated carbocycles. The van der Waals surface area contributed by atoms with Crippen molar-refractivity contribution in [3.05, 3.63) is 48.0 Å². The van der Waals surface area contributed by atoms with Crippen LogP contribution in [0.4, 0.5) is 4.39 Å². The maximum atomic E-state index is 13.1. The molecule has 1 fully saturated rings. The summed E-state index contributed by atoms with van der Waals surface area (Å²) in [6.45, 7) is 1.10. The van der Waals surface area contributed by atoms with Gasteiger partial charge in [0, 0.05) is 25.6 Å². The van der Waals surface area contributed by atoms with Crippen molar-refractivity contribution in [3.63, 3.8) is 0 Å². The van der Waals surface area contributed by atoms with E-state index in [1.54, 1.807) is 41.0 Å². The van der Waals surface area contributed by atoms with Gasteiger partial charge in [-0.1, -0.05) is 0 Å². The Labute approximate surface area is 153 Å². The SMILES string of the molecule is Cn1nc(-c2ccc(F)cc2)cc1C(=O)N1CCC(Oc2cnsn2)C1. The highest BCUT2D eigenvalue weighted by Crippen LogP contribution is 2.22. The van der Waals surface area contributed by atoms with Gasteiger partial charge in [0.1, 0.15) is 23.8 Å². The Morgan fingerprint density at radius 2 is 2.15 bits per heavy atom. The summed E-state index contributed by atoms with van der Waals surface area (Å²) in [5.41, 5.74) is 1.89. The molecule has 1 atom stereocenters. The van der Waals surface area contributed by atoms with Crippen LogP contribution < -0.4 is 4.74 Å². The van der Waals surface area contributed by atoms with Crippen LogP contribution in [-0.2, 0) is 7.05 Å². The van der Waals surface area contributed by atoms with Gasteiger partial charge in [-0.15, -0.1) is 4.37 Å². The number of hydrogen-bond donors (Lipinski definition) is 0. The first-order valence-corrected chi connectivity index (χ1v) is 8.86. The van der Waals surface area contributed by atoms with Crippen LogP contribution in [0.5, 0.6) is 5.88 Å². The van der Waals surface area contributed by atoms with Gasteiger partial charge in [-0.25, -0.2) is 4.39 Å². The number of hydrogen-bond acceptors (Lipinski definition) is 6. The molecule has 1 amide bonds. The fourth-order valence-electron chi connectivity index (χ4n) is 2.98. The molecule has 0 bridgehead atoms. The molecule has 0 radical (unpaired) electrons. The van der Waals surface area contributed by atoms with Crippen molar-refractivity contribution >= 4 is 17.6 Å². The summed E-state index contributed by atoms with van der Waals surface area (Å²) in [5, 5.41) is 4.38. The van der Waals surface area contributed by atoms with E-state index in [1.807, 2.05) is 0 Å². The Kier molecular flexibility index (Phi) is 4.37. The van der Waals surface area contributed by atoms with E-state index >= 15 is 0 Å². The molecule has 1 saturated heterocycles. The fraction of sp³-hybridized carbons (Fsp3) is 0.294. The molecule has 1 aromatic carbocycles. The summed E-state index contributed by atoms with van der Waals surface area (Å²) >= 11 is 1.09. The average Bonchev–Trinajstić information content (AvgIpc) is 3.37. The van der Waals surface area contributed by atoms with Crippen LogP contribution >= 0.6 is 11.7 Å². The first-order chi connectivity index (χ1) is 12.6. The number of rotatable bonds is 4. The number of aryl methyl sites for hydroxylation is 1. The largest absolute Gasteiger partial charge is 0.471 e. The highest BCUT2D eigenvalue weighted by molar-refractivity contribution is 6.99. The average molecular weight is 373 g/mol. The molecule has 134 valence electrons. The Morgan fingerprint density at radius 1 is 1.35 bits per heavy atom. The van der Waals surface area contributed by atoms with E-state index in [-0.39, 0.29) is 17.8 Å². The number of aromatic nitrogens is 4. The molecule has 9 heteroatoms. The zero-order valence-electron chi connectivity index (χ0n) is 14.0. The molecule has 26 heavy (non-hydrogen) atoms. The Balaban J connectivity index is 1.47. The number of nitrogens with zero attached hydrogens (tertiary/aromatic N) is 5. The van der Waals surface area contributed by atoms with E-state index in [2.05, 4.69) is 13.8 Å². The van der Waals surface area contributed by atoms with Gasteiger partial charge in [0.2, 0.25) is 5.88 Å². The van der Waals surface area contributed by atoms with Gasteiger partial charge in [-0.3, -0.25) is 9.48 Å². The molecule has 3 aromatic rings. The number of benzene rings is 1. The van der Waals surface area contributed by atoms with Crippen molar-refractivity contribution in [1.82, 2.24) is 23.4 Å². The number of carbonyl (C=O) groups excluding carboxylic acids is 1. The van der Waals surface area contributed by atoms with E-state index < -0.39 is 0 Å². The second-order valence-corrected chi connectivity index (χ2v) is 6.63. The fourth-order valence-corrected chi connectivity index (χ4v) is 3.33. The summed E-state index contributed by atoms with van der Waals surface area (Å²) in [6.07, 6.45) is 2.23. The van der Waals surface area contributed by atoms with Gasteiger partial charge < -0.3 is 9.64 Å². The van der Waals surface area contributed by atoms with Crippen molar-refractivity contribution < 1.29 is 13.9 Å². The summed E-state index contributed by atoms with van der Waals surface area (Å²) < 4.78 is 28.3. The van der Waals surface area contributed by atoms with Crippen molar-refractivity contribution in [2.24, 2.45) is 7.05 Å². The normalized spacial score (nSPS) is 16.8. The second-order valence-electron chi connectivity index (χ2n) is 6.07. The summed E-state index contributed by atoms with van der Waals surface area (Å²) in [7, 11) is 1.73. The minimum absolute atomic E-state index is 0.0901. The first-order valence-electron chi connectivity index (χ1n) is 8.13. The first kappa shape index (κ1) is 16.6. The van der Waals surface area contributed by atoms with E-state index in [4.69, 9.17) is 4.74 Å². The van der Waals surface area contributed by atoms with Crippen LogP contribution in [0.3, 0.4) is 0 Å². The zero-order chi connectivity index (χ0) is 18.1. The standard InChI is InChI=1S/C17H16FN5O2S/c1-22-15(8-14(20-22)11-2-4-12(18)5-3-11)17(24)23-7-6-13(10-23)25-16-9-19-26-21-16/h2-5,8-9,13H,6-7,10H2,1H3. The lowest BCUT2D eigenvalue weighted by Crippen LogP contribution is -2.32. The monoisotopic (exact) mass is 373 g/mol. The lowest BCUT2D eigenvalue weighted by molar-refractivity contribution is 0.0760. The van der Waals surface area contributed by atoms with Gasteiger partial charge in [0.25, 0.3) is 5.91 Å². The number of amides is 1. The van der Waals surface area contributed by atoms with Gasteiger partial charge in [0.15, 0.2) is 0 Å². The Hall–Kier alpha value is -2.81. The lowest BCUT2D eigenvalue weighted by atomic mass is 10.1. The highest BCUT2D eigenvalue weighted by Gasteiger charge is 2.30. The van der Waals surface area contributed by atoms with Crippen molar-refractivity contribution in [2.45, 2.75) is 12.5 Å². The van der Waals surface area contributed by atoms with E-state index in [0.717, 1.165) is 23.7 Å². The molecule has 0 aliphatic carbocycles. The Morgan fingerprint density at radius 3 is 2.88 bits per heavy atom. The quantitative estimate of drug-likeness (QED) is 0.702. The predicted octanol–water partition coefficient (Wildman–Crippen LogP) is 2.37. The minimum Gasteiger partial charge on any atom is -0.471 e. The third-order valence-electron chi connectivity index (χ3n) is 4.30. The van der Waals surface area contributed by atoms with E-state index in [9.17, 15) is 9.18 Å². The number of halogens is 1. The number of carbonyl (C=O) groups is 1. The smallest absolute Gasteiger partial charge is 0.272 e. The van der Waals surface area contributed by atoms with Gasteiger partial charge >= 0.3 is 0 Å². The molecule has 0 N–H and O–H groups in total. The molecule has 7 nitrogen and oxygen atoms in total. The third kappa shape index (κ3) is 3.30. The lowest BCUT2D eigenvalue weighted by Gasteiger charge is -2.16. The van der Waals surface area contributed by atoms with Crippen LogP contribution in [-0.4, -0.2) is 48.5 Å². The van der Waals surface area contributed by atoms with Crippen LogP contribution in [0.25, 0.3) is 11.3 Å². The van der Waals surface area contributed by atoms with E-state index in [1.165, 1.54) is 12.1 Å².